The Labute approximate surface area is 166 Å². The molecule has 0 radical (unpaired) electrons. The summed E-state index contributed by atoms with van der Waals surface area (Å²) in [6.07, 6.45) is -0.300. The second-order valence-corrected chi connectivity index (χ2v) is 8.36. The Hall–Kier alpha value is -2.21. The summed E-state index contributed by atoms with van der Waals surface area (Å²) in [5.41, 5.74) is 0.258. The minimum Gasteiger partial charge on any atom is -0.469 e. The number of ketones is 1. The first-order valence-electron chi connectivity index (χ1n) is 9.60. The predicted molar refractivity (Wildman–Crippen MR) is 103 cm³/mol. The van der Waals surface area contributed by atoms with Crippen LogP contribution in [-0.2, 0) is 35.2 Å². The average molecular weight is 390 g/mol. The highest BCUT2D eigenvalue weighted by molar-refractivity contribution is 6.00. The fourth-order valence-corrected chi connectivity index (χ4v) is 3.65. The number of ether oxygens (including phenoxy) is 3. The number of Topliss-reactive ketones (excluding diaryl/α,β-unsaturated/α-hetero) is 1. The van der Waals surface area contributed by atoms with Crippen molar-refractivity contribution in [2.75, 3.05) is 7.11 Å². The number of rotatable bonds is 6. The van der Waals surface area contributed by atoms with Crippen molar-refractivity contribution in [1.82, 2.24) is 0 Å². The molecule has 1 unspecified atom stereocenters. The highest BCUT2D eigenvalue weighted by Gasteiger charge is 2.49. The van der Waals surface area contributed by atoms with E-state index in [1.165, 1.54) is 7.11 Å². The molecule has 1 aliphatic rings. The molecule has 1 aromatic rings. The second-order valence-electron chi connectivity index (χ2n) is 8.36. The van der Waals surface area contributed by atoms with Crippen LogP contribution in [0.2, 0.25) is 0 Å². The smallest absolute Gasteiger partial charge is 0.317 e. The number of methoxy groups -OCH3 is 1. The lowest BCUT2D eigenvalue weighted by Crippen LogP contribution is -2.50. The monoisotopic (exact) mass is 390 g/mol. The summed E-state index contributed by atoms with van der Waals surface area (Å²) in [6.45, 7) is 7.49. The minimum atomic E-state index is -1.03. The summed E-state index contributed by atoms with van der Waals surface area (Å²) in [5, 5.41) is 0. The van der Waals surface area contributed by atoms with Crippen molar-refractivity contribution in [3.05, 3.63) is 35.9 Å². The van der Waals surface area contributed by atoms with E-state index in [-0.39, 0.29) is 24.5 Å². The minimum absolute atomic E-state index is 0.0735. The zero-order chi connectivity index (χ0) is 20.9. The first-order chi connectivity index (χ1) is 13.1. The van der Waals surface area contributed by atoms with Crippen molar-refractivity contribution in [3.8, 4) is 0 Å². The number of esters is 2. The Morgan fingerprint density at radius 1 is 1.14 bits per heavy atom. The summed E-state index contributed by atoms with van der Waals surface area (Å²) in [6, 6.07) is 9.65. The largest absolute Gasteiger partial charge is 0.469 e. The number of hydrogen-bond donors (Lipinski definition) is 0. The third-order valence-corrected chi connectivity index (χ3v) is 4.86. The molecule has 0 heterocycles. The van der Waals surface area contributed by atoms with Crippen molar-refractivity contribution in [2.24, 2.45) is 17.8 Å². The molecule has 1 fully saturated rings. The van der Waals surface area contributed by atoms with Crippen molar-refractivity contribution in [2.45, 2.75) is 58.8 Å². The Bertz CT molecular complexity index is 691. The predicted octanol–water partition coefficient (Wildman–Crippen LogP) is 3.32. The summed E-state index contributed by atoms with van der Waals surface area (Å²) in [5.74, 6) is -3.07. The van der Waals surface area contributed by atoms with Gasteiger partial charge in [-0.2, -0.15) is 0 Å². The quantitative estimate of drug-likeness (QED) is 0.548. The molecular formula is C22H30O6. The maximum Gasteiger partial charge on any atom is 0.317 e. The van der Waals surface area contributed by atoms with Crippen LogP contribution in [0.25, 0.3) is 0 Å². The topological polar surface area (TPSA) is 78.9 Å². The van der Waals surface area contributed by atoms with Gasteiger partial charge in [0.25, 0.3) is 0 Å². The summed E-state index contributed by atoms with van der Waals surface area (Å²) < 4.78 is 16.4. The number of benzene rings is 1. The van der Waals surface area contributed by atoms with Gasteiger partial charge in [-0.15, -0.1) is 0 Å². The fraction of sp³-hybridized carbons (Fsp3) is 0.591. The van der Waals surface area contributed by atoms with E-state index in [9.17, 15) is 14.4 Å². The van der Waals surface area contributed by atoms with Crippen LogP contribution in [0.3, 0.4) is 0 Å². The number of carbonyl (C=O) groups excluding carboxylic acids is 3. The Kier molecular flexibility index (Phi) is 7.35. The van der Waals surface area contributed by atoms with E-state index in [0.29, 0.717) is 6.61 Å². The maximum absolute atomic E-state index is 12.8. The molecule has 154 valence electrons. The van der Waals surface area contributed by atoms with Crippen molar-refractivity contribution < 1.29 is 28.6 Å². The molecule has 0 amide bonds. The molecule has 0 bridgehead atoms. The first kappa shape index (κ1) is 22.1. The fourth-order valence-electron chi connectivity index (χ4n) is 3.65. The Morgan fingerprint density at radius 2 is 1.79 bits per heavy atom. The molecule has 6 nitrogen and oxygen atoms in total. The van der Waals surface area contributed by atoms with Gasteiger partial charge in [-0.25, -0.2) is 0 Å². The Morgan fingerprint density at radius 3 is 2.36 bits per heavy atom. The lowest BCUT2D eigenvalue weighted by molar-refractivity contribution is -0.174. The second kappa shape index (κ2) is 9.32. The Balaban J connectivity index is 2.27. The van der Waals surface area contributed by atoms with Crippen molar-refractivity contribution >= 4 is 17.7 Å². The van der Waals surface area contributed by atoms with E-state index in [1.807, 2.05) is 37.3 Å². The summed E-state index contributed by atoms with van der Waals surface area (Å²) >= 11 is 0. The molecule has 0 spiro atoms. The zero-order valence-corrected chi connectivity index (χ0v) is 17.3. The first-order valence-corrected chi connectivity index (χ1v) is 9.60. The maximum atomic E-state index is 12.8. The van der Waals surface area contributed by atoms with E-state index < -0.39 is 35.5 Å². The molecule has 1 saturated carbocycles. The van der Waals surface area contributed by atoms with Gasteiger partial charge in [0.05, 0.1) is 26.2 Å². The molecule has 2 rings (SSSR count). The highest BCUT2D eigenvalue weighted by Crippen LogP contribution is 2.38. The lowest BCUT2D eigenvalue weighted by atomic mass is 9.70. The van der Waals surface area contributed by atoms with Gasteiger partial charge in [0.2, 0.25) is 0 Å². The average Bonchev–Trinajstić information content (AvgIpc) is 2.60. The van der Waals surface area contributed by atoms with Crippen LogP contribution in [-0.4, -0.2) is 36.5 Å². The van der Waals surface area contributed by atoms with E-state index in [4.69, 9.17) is 14.2 Å². The molecule has 0 saturated heterocycles. The molecule has 6 heteroatoms. The summed E-state index contributed by atoms with van der Waals surface area (Å²) in [7, 11) is 1.29. The van der Waals surface area contributed by atoms with Crippen LogP contribution in [0.15, 0.2) is 30.3 Å². The van der Waals surface area contributed by atoms with E-state index in [1.54, 1.807) is 20.8 Å². The molecular weight excluding hydrogens is 360 g/mol. The molecule has 28 heavy (non-hydrogen) atoms. The van der Waals surface area contributed by atoms with E-state index in [2.05, 4.69) is 0 Å². The van der Waals surface area contributed by atoms with Crippen LogP contribution in [0.1, 0.15) is 46.1 Å². The zero-order valence-electron chi connectivity index (χ0n) is 17.3. The van der Waals surface area contributed by atoms with Crippen LogP contribution in [0.5, 0.6) is 0 Å². The van der Waals surface area contributed by atoms with Crippen LogP contribution >= 0.6 is 0 Å². The molecule has 1 aliphatic carbocycles. The lowest BCUT2D eigenvalue weighted by Gasteiger charge is -2.40. The van der Waals surface area contributed by atoms with Crippen LogP contribution < -0.4 is 0 Å². The van der Waals surface area contributed by atoms with Crippen molar-refractivity contribution in [3.63, 3.8) is 0 Å². The molecule has 0 aliphatic heterocycles. The SMILES string of the molecule is COC(=O)C[C@H]1C(C(=O)OC(C)(C)C)C(=O)C[C@H](C)[C@H]1OCc1ccccc1. The van der Waals surface area contributed by atoms with E-state index >= 15 is 0 Å². The van der Waals surface area contributed by atoms with Gasteiger partial charge in [0, 0.05) is 12.3 Å². The standard InChI is InChI=1S/C22H30O6/c1-14-11-17(23)19(21(25)28-22(2,3)4)16(12-18(24)26-5)20(14)27-13-15-9-7-6-8-10-15/h6-10,14,16,19-20H,11-13H2,1-5H3/t14-,16-,19?,20+/m0/s1. The van der Waals surface area contributed by atoms with Gasteiger partial charge in [-0.05, 0) is 32.3 Å². The molecule has 4 atom stereocenters. The van der Waals surface area contributed by atoms with Gasteiger partial charge in [0.15, 0.2) is 0 Å². The van der Waals surface area contributed by atoms with Gasteiger partial charge in [-0.1, -0.05) is 37.3 Å². The van der Waals surface area contributed by atoms with Gasteiger partial charge in [-0.3, -0.25) is 14.4 Å². The van der Waals surface area contributed by atoms with Crippen molar-refractivity contribution in [1.29, 1.82) is 0 Å². The van der Waals surface area contributed by atoms with Gasteiger partial charge in [0.1, 0.15) is 17.3 Å². The van der Waals surface area contributed by atoms with Gasteiger partial charge >= 0.3 is 11.9 Å². The number of hydrogen-bond acceptors (Lipinski definition) is 6. The molecule has 1 aromatic carbocycles. The highest BCUT2D eigenvalue weighted by atomic mass is 16.6. The third-order valence-electron chi connectivity index (χ3n) is 4.86. The molecule has 0 N–H and O–H groups in total. The van der Waals surface area contributed by atoms with Crippen LogP contribution in [0.4, 0.5) is 0 Å². The van der Waals surface area contributed by atoms with E-state index in [0.717, 1.165) is 5.56 Å². The van der Waals surface area contributed by atoms with Crippen LogP contribution in [0, 0.1) is 17.8 Å². The number of carbonyl (C=O) groups is 3. The summed E-state index contributed by atoms with van der Waals surface area (Å²) in [4.78, 5) is 37.5. The molecule has 0 aromatic heterocycles. The normalized spacial score (nSPS) is 25.2. The third kappa shape index (κ3) is 5.89. The van der Waals surface area contributed by atoms with Gasteiger partial charge < -0.3 is 14.2 Å².